The third-order valence-corrected chi connectivity index (χ3v) is 1.66. The van der Waals surface area contributed by atoms with E-state index in [1.807, 2.05) is 0 Å². The highest BCUT2D eigenvalue weighted by Crippen LogP contribution is 2.06. The predicted molar refractivity (Wildman–Crippen MR) is 43.1 cm³/mol. The number of nitrogens with zero attached hydrogens (tertiary/aromatic N) is 1. The summed E-state index contributed by atoms with van der Waals surface area (Å²) in [6, 6.07) is 1.12. The van der Waals surface area contributed by atoms with Crippen LogP contribution in [0.25, 0.3) is 0 Å². The van der Waals surface area contributed by atoms with Crippen LogP contribution in [0.4, 0.5) is 8.78 Å². The number of hydrogen-bond donors (Lipinski definition) is 1. The Morgan fingerprint density at radius 3 is 2.77 bits per heavy atom. The molecule has 0 aliphatic rings. The zero-order valence-electron chi connectivity index (χ0n) is 7.00. The quantitative estimate of drug-likeness (QED) is 0.757. The SMILES string of the molecule is Cc1cc(=O)c(O)cn1CC(F)F. The van der Waals surface area contributed by atoms with Crippen molar-refractivity contribution in [3.8, 4) is 5.75 Å². The normalized spacial score (nSPS) is 10.8. The Hall–Kier alpha value is -1.39. The van der Waals surface area contributed by atoms with E-state index in [0.29, 0.717) is 5.69 Å². The van der Waals surface area contributed by atoms with Gasteiger partial charge in [0.25, 0.3) is 6.43 Å². The summed E-state index contributed by atoms with van der Waals surface area (Å²) in [4.78, 5) is 10.8. The number of alkyl halides is 2. The van der Waals surface area contributed by atoms with Crippen LogP contribution in [0.15, 0.2) is 17.1 Å². The van der Waals surface area contributed by atoms with Crippen LogP contribution in [0.1, 0.15) is 5.69 Å². The first-order chi connectivity index (χ1) is 6.00. The summed E-state index contributed by atoms with van der Waals surface area (Å²) in [7, 11) is 0. The lowest BCUT2D eigenvalue weighted by atomic mass is 10.3. The van der Waals surface area contributed by atoms with Crippen molar-refractivity contribution in [2.75, 3.05) is 0 Å². The summed E-state index contributed by atoms with van der Waals surface area (Å²) in [5, 5.41) is 8.96. The van der Waals surface area contributed by atoms with Gasteiger partial charge in [0.05, 0.1) is 12.7 Å². The lowest BCUT2D eigenvalue weighted by Gasteiger charge is -2.09. The summed E-state index contributed by atoms with van der Waals surface area (Å²) < 4.78 is 25.0. The average Bonchev–Trinajstić information content (AvgIpc) is 1.99. The number of hydrogen-bond acceptors (Lipinski definition) is 2. The Balaban J connectivity index is 3.08. The minimum absolute atomic E-state index is 0.406. The molecule has 1 aromatic rings. The van der Waals surface area contributed by atoms with Crippen LogP contribution in [0, 0.1) is 6.92 Å². The highest BCUT2D eigenvalue weighted by atomic mass is 19.3. The van der Waals surface area contributed by atoms with Gasteiger partial charge in [0.15, 0.2) is 5.75 Å². The predicted octanol–water partition coefficient (Wildman–Crippen LogP) is 1.13. The fourth-order valence-electron chi connectivity index (χ4n) is 1.01. The first kappa shape index (κ1) is 9.70. The number of pyridine rings is 1. The molecule has 0 atom stereocenters. The summed E-state index contributed by atoms with van der Waals surface area (Å²) >= 11 is 0. The first-order valence-electron chi connectivity index (χ1n) is 3.69. The highest BCUT2D eigenvalue weighted by molar-refractivity contribution is 5.19. The number of halogens is 2. The lowest BCUT2D eigenvalue weighted by molar-refractivity contribution is 0.125. The Labute approximate surface area is 73.2 Å². The van der Waals surface area contributed by atoms with Crippen molar-refractivity contribution in [2.24, 2.45) is 0 Å². The second-order valence-electron chi connectivity index (χ2n) is 2.71. The summed E-state index contributed by atoms with van der Waals surface area (Å²) in [6.07, 6.45) is -1.48. The molecule has 0 bridgehead atoms. The number of rotatable bonds is 2. The van der Waals surface area contributed by atoms with Crippen molar-refractivity contribution < 1.29 is 13.9 Å². The van der Waals surface area contributed by atoms with E-state index in [9.17, 15) is 13.6 Å². The van der Waals surface area contributed by atoms with Gasteiger partial charge in [-0.15, -0.1) is 0 Å². The third-order valence-electron chi connectivity index (χ3n) is 1.66. The number of aromatic hydroxyl groups is 1. The third kappa shape index (κ3) is 2.27. The molecule has 0 aromatic carbocycles. The molecule has 0 fully saturated rings. The van der Waals surface area contributed by atoms with E-state index in [4.69, 9.17) is 5.11 Å². The van der Waals surface area contributed by atoms with Crippen molar-refractivity contribution in [1.82, 2.24) is 4.57 Å². The van der Waals surface area contributed by atoms with Crippen LogP contribution in [0.3, 0.4) is 0 Å². The summed E-state index contributed by atoms with van der Waals surface area (Å²) in [5.41, 5.74) is -0.147. The smallest absolute Gasteiger partial charge is 0.256 e. The minimum Gasteiger partial charge on any atom is -0.503 e. The Kier molecular flexibility index (Phi) is 2.65. The molecular weight excluding hydrogens is 180 g/mol. The zero-order valence-corrected chi connectivity index (χ0v) is 7.00. The van der Waals surface area contributed by atoms with Gasteiger partial charge in [-0.05, 0) is 6.92 Å². The standard InChI is InChI=1S/C8H9F2NO2/c1-5-2-6(12)7(13)3-11(5)4-8(9)10/h2-3,8,13H,4H2,1H3. The van der Waals surface area contributed by atoms with Gasteiger partial charge in [0, 0.05) is 11.8 Å². The molecule has 0 unspecified atom stereocenters. The van der Waals surface area contributed by atoms with E-state index in [-0.39, 0.29) is 0 Å². The second kappa shape index (κ2) is 3.55. The van der Waals surface area contributed by atoms with Crippen molar-refractivity contribution in [3.05, 3.63) is 28.2 Å². The highest BCUT2D eigenvalue weighted by Gasteiger charge is 2.07. The molecule has 0 saturated heterocycles. The molecule has 1 aromatic heterocycles. The largest absolute Gasteiger partial charge is 0.503 e. The van der Waals surface area contributed by atoms with Gasteiger partial charge >= 0.3 is 0 Å². The van der Waals surface area contributed by atoms with Gasteiger partial charge in [0.1, 0.15) is 0 Å². The molecule has 3 nitrogen and oxygen atoms in total. The maximum atomic E-state index is 12.0. The molecule has 0 radical (unpaired) electrons. The molecule has 0 saturated carbocycles. The van der Waals surface area contributed by atoms with Gasteiger partial charge in [-0.25, -0.2) is 8.78 Å². The van der Waals surface area contributed by atoms with Crippen LogP contribution >= 0.6 is 0 Å². The van der Waals surface area contributed by atoms with Crippen molar-refractivity contribution in [2.45, 2.75) is 19.9 Å². The molecular formula is C8H9F2NO2. The molecule has 72 valence electrons. The molecule has 0 aliphatic heterocycles. The van der Waals surface area contributed by atoms with Crippen LogP contribution in [0.2, 0.25) is 0 Å². The molecule has 1 N–H and O–H groups in total. The van der Waals surface area contributed by atoms with Gasteiger partial charge < -0.3 is 9.67 Å². The monoisotopic (exact) mass is 189 g/mol. The number of aromatic nitrogens is 1. The van der Waals surface area contributed by atoms with Gasteiger partial charge in [0.2, 0.25) is 5.43 Å². The maximum absolute atomic E-state index is 12.0. The molecule has 0 spiro atoms. The van der Waals surface area contributed by atoms with Crippen molar-refractivity contribution in [3.63, 3.8) is 0 Å². The fraction of sp³-hybridized carbons (Fsp3) is 0.375. The van der Waals surface area contributed by atoms with Crippen molar-refractivity contribution >= 4 is 0 Å². The van der Waals surface area contributed by atoms with Crippen molar-refractivity contribution in [1.29, 1.82) is 0 Å². The summed E-state index contributed by atoms with van der Waals surface area (Å²) in [5.74, 6) is -0.508. The van der Waals surface area contributed by atoms with E-state index in [0.717, 1.165) is 16.8 Å². The molecule has 1 heterocycles. The van der Waals surface area contributed by atoms with Gasteiger partial charge in [-0.1, -0.05) is 0 Å². The lowest BCUT2D eigenvalue weighted by Crippen LogP contribution is -2.13. The van der Waals surface area contributed by atoms with Crippen LogP contribution in [-0.4, -0.2) is 16.1 Å². The van der Waals surface area contributed by atoms with Crippen LogP contribution in [0.5, 0.6) is 5.75 Å². The summed E-state index contributed by atoms with van der Waals surface area (Å²) in [6.45, 7) is 1.02. The maximum Gasteiger partial charge on any atom is 0.256 e. The number of aryl methyl sites for hydroxylation is 1. The van der Waals surface area contributed by atoms with E-state index < -0.39 is 24.1 Å². The fourth-order valence-corrected chi connectivity index (χ4v) is 1.01. The molecule has 0 aliphatic carbocycles. The molecule has 0 amide bonds. The molecule has 13 heavy (non-hydrogen) atoms. The van der Waals surface area contributed by atoms with E-state index in [2.05, 4.69) is 0 Å². The minimum atomic E-state index is -2.50. The first-order valence-corrected chi connectivity index (χ1v) is 3.69. The Bertz CT molecular complexity index is 360. The van der Waals surface area contributed by atoms with Gasteiger partial charge in [-0.3, -0.25) is 4.79 Å². The van der Waals surface area contributed by atoms with E-state index in [1.54, 1.807) is 0 Å². The van der Waals surface area contributed by atoms with Gasteiger partial charge in [-0.2, -0.15) is 0 Å². The van der Waals surface area contributed by atoms with Crippen LogP contribution in [-0.2, 0) is 6.54 Å². The zero-order chi connectivity index (χ0) is 10.0. The average molecular weight is 189 g/mol. The Morgan fingerprint density at radius 2 is 2.23 bits per heavy atom. The second-order valence-corrected chi connectivity index (χ2v) is 2.71. The topological polar surface area (TPSA) is 42.2 Å². The molecule has 5 heteroatoms. The van der Waals surface area contributed by atoms with E-state index in [1.165, 1.54) is 6.92 Å². The van der Waals surface area contributed by atoms with Crippen LogP contribution < -0.4 is 5.43 Å². The molecule has 1 rings (SSSR count). The van der Waals surface area contributed by atoms with E-state index >= 15 is 0 Å². The Morgan fingerprint density at radius 1 is 1.62 bits per heavy atom.